The summed E-state index contributed by atoms with van der Waals surface area (Å²) in [4.78, 5) is 15.6. The molecule has 2 saturated carbocycles. The van der Waals surface area contributed by atoms with Gasteiger partial charge in [0.15, 0.2) is 0 Å². The van der Waals surface area contributed by atoms with Crippen molar-refractivity contribution in [2.75, 3.05) is 6.61 Å². The van der Waals surface area contributed by atoms with Crippen LogP contribution in [0.4, 0.5) is 0 Å². The summed E-state index contributed by atoms with van der Waals surface area (Å²) in [5.41, 5.74) is 5.08. The van der Waals surface area contributed by atoms with Gasteiger partial charge in [-0.25, -0.2) is 0 Å². The smallest absolute Gasteiger partial charge is 0.305 e. The maximum atomic E-state index is 10.4. The van der Waals surface area contributed by atoms with Crippen molar-refractivity contribution in [1.29, 1.82) is 0 Å². The minimum Gasteiger partial charge on any atom is -0.481 e. The van der Waals surface area contributed by atoms with Crippen LogP contribution in [0.15, 0.2) is 11.3 Å². The molecule has 3 rings (SSSR count). The van der Waals surface area contributed by atoms with Crippen LogP contribution in [-0.2, 0) is 9.63 Å². The van der Waals surface area contributed by atoms with Gasteiger partial charge in [0, 0.05) is 5.70 Å². The Balaban J connectivity index is 1.43. The topological polar surface area (TPSA) is 99.0 Å². The fourth-order valence-corrected chi connectivity index (χ4v) is 4.61. The molecule has 3 aliphatic rings. The number of aliphatic hydroxyl groups is 2. The van der Waals surface area contributed by atoms with Gasteiger partial charge in [-0.05, 0) is 61.9 Å². The first-order valence-electron chi connectivity index (χ1n) is 9.24. The standard InChI is InChI=1S/C18H29NO5/c20-16(11-3-1-2-4-11)6-5-12-13-9-15(14(13)10-17(12)21)19-24-8-7-18(22)23/h11-13,16-17,19-21H,1-10H2,(H,22,23). The molecule has 4 unspecified atom stereocenters. The summed E-state index contributed by atoms with van der Waals surface area (Å²) in [6.45, 7) is 0.135. The molecule has 0 aliphatic heterocycles. The summed E-state index contributed by atoms with van der Waals surface area (Å²) in [5, 5.41) is 29.3. The number of aliphatic carboxylic acids is 1. The summed E-state index contributed by atoms with van der Waals surface area (Å²) in [5.74, 6) is 0.208. The van der Waals surface area contributed by atoms with Crippen molar-refractivity contribution in [1.82, 2.24) is 5.48 Å². The molecule has 24 heavy (non-hydrogen) atoms. The van der Waals surface area contributed by atoms with Crippen LogP contribution < -0.4 is 5.48 Å². The van der Waals surface area contributed by atoms with Crippen LogP contribution in [0.1, 0.15) is 57.8 Å². The minimum absolute atomic E-state index is 0.0245. The lowest BCUT2D eigenvalue weighted by atomic mass is 9.76. The molecule has 0 aromatic carbocycles. The predicted molar refractivity (Wildman–Crippen MR) is 87.8 cm³/mol. The van der Waals surface area contributed by atoms with E-state index < -0.39 is 5.97 Å². The number of carbonyl (C=O) groups is 1. The van der Waals surface area contributed by atoms with E-state index in [1.165, 1.54) is 18.4 Å². The Hall–Kier alpha value is -1.11. The Bertz CT molecular complexity index is 486. The van der Waals surface area contributed by atoms with Gasteiger partial charge in [-0.15, -0.1) is 0 Å². The van der Waals surface area contributed by atoms with Gasteiger partial charge in [0.25, 0.3) is 0 Å². The summed E-state index contributed by atoms with van der Waals surface area (Å²) in [6, 6.07) is 0. The van der Waals surface area contributed by atoms with Crippen molar-refractivity contribution in [2.24, 2.45) is 17.8 Å². The van der Waals surface area contributed by atoms with Crippen molar-refractivity contribution < 1.29 is 25.0 Å². The number of nitrogens with one attached hydrogen (secondary N) is 1. The van der Waals surface area contributed by atoms with Crippen molar-refractivity contribution in [3.63, 3.8) is 0 Å². The molecule has 0 spiro atoms. The first-order chi connectivity index (χ1) is 11.6. The van der Waals surface area contributed by atoms with Crippen molar-refractivity contribution in [3.05, 3.63) is 11.3 Å². The normalized spacial score (nSPS) is 31.0. The zero-order valence-electron chi connectivity index (χ0n) is 14.1. The average Bonchev–Trinajstić information content (AvgIpc) is 3.14. The lowest BCUT2D eigenvalue weighted by Crippen LogP contribution is -2.31. The highest BCUT2D eigenvalue weighted by molar-refractivity contribution is 5.66. The van der Waals surface area contributed by atoms with Crippen LogP contribution in [0.2, 0.25) is 0 Å². The Kier molecular flexibility index (Phi) is 5.79. The molecule has 136 valence electrons. The number of aliphatic hydroxyl groups excluding tert-OH is 2. The highest BCUT2D eigenvalue weighted by Gasteiger charge is 2.46. The van der Waals surface area contributed by atoms with E-state index in [9.17, 15) is 15.0 Å². The molecule has 6 heteroatoms. The molecule has 0 aromatic rings. The molecule has 6 nitrogen and oxygen atoms in total. The van der Waals surface area contributed by atoms with Gasteiger partial charge in [0.1, 0.15) is 0 Å². The van der Waals surface area contributed by atoms with E-state index in [1.54, 1.807) is 0 Å². The Morgan fingerprint density at radius 1 is 1.29 bits per heavy atom. The molecule has 4 atom stereocenters. The summed E-state index contributed by atoms with van der Waals surface area (Å²) >= 11 is 0. The van der Waals surface area contributed by atoms with Crippen molar-refractivity contribution in [3.8, 4) is 0 Å². The third kappa shape index (κ3) is 3.92. The molecule has 2 fully saturated rings. The van der Waals surface area contributed by atoms with Crippen LogP contribution in [0.3, 0.4) is 0 Å². The number of carboxylic acid groups (broad SMARTS) is 1. The first kappa shape index (κ1) is 17.7. The number of hydrogen-bond acceptors (Lipinski definition) is 5. The molecule has 0 heterocycles. The van der Waals surface area contributed by atoms with E-state index >= 15 is 0 Å². The minimum atomic E-state index is -0.877. The molecule has 0 amide bonds. The molecule has 0 aromatic heterocycles. The van der Waals surface area contributed by atoms with E-state index in [4.69, 9.17) is 9.94 Å². The van der Waals surface area contributed by atoms with E-state index in [0.29, 0.717) is 18.3 Å². The Morgan fingerprint density at radius 2 is 2.04 bits per heavy atom. The SMILES string of the molecule is O=C(O)CCONC1=C2CC(O)C(CCC(O)C3CCCC3)C2C1. The van der Waals surface area contributed by atoms with Crippen molar-refractivity contribution >= 4 is 5.97 Å². The van der Waals surface area contributed by atoms with Crippen LogP contribution >= 0.6 is 0 Å². The van der Waals surface area contributed by atoms with Gasteiger partial charge in [-0.1, -0.05) is 12.8 Å². The Labute approximate surface area is 142 Å². The van der Waals surface area contributed by atoms with Crippen LogP contribution in [0.25, 0.3) is 0 Å². The lowest BCUT2D eigenvalue weighted by Gasteiger charge is -2.33. The zero-order valence-corrected chi connectivity index (χ0v) is 14.1. The number of hydrogen-bond donors (Lipinski definition) is 4. The second-order valence-corrected chi connectivity index (χ2v) is 7.53. The quantitative estimate of drug-likeness (QED) is 0.379. The number of allylic oxidation sites excluding steroid dienone is 1. The van der Waals surface area contributed by atoms with Gasteiger partial charge in [0.05, 0.1) is 25.2 Å². The maximum absolute atomic E-state index is 10.4. The summed E-state index contributed by atoms with van der Waals surface area (Å²) in [7, 11) is 0. The van der Waals surface area contributed by atoms with E-state index in [2.05, 4.69) is 5.48 Å². The maximum Gasteiger partial charge on any atom is 0.305 e. The predicted octanol–water partition coefficient (Wildman–Crippen LogP) is 1.97. The summed E-state index contributed by atoms with van der Waals surface area (Å²) < 4.78 is 0. The molecule has 0 saturated heterocycles. The van der Waals surface area contributed by atoms with Gasteiger partial charge in [0.2, 0.25) is 0 Å². The molecule has 0 bridgehead atoms. The number of carboxylic acids is 1. The number of fused-ring (bicyclic) bond motifs is 1. The van der Waals surface area contributed by atoms with Gasteiger partial charge in [-0.2, -0.15) is 0 Å². The fourth-order valence-electron chi connectivity index (χ4n) is 4.61. The Morgan fingerprint density at radius 3 is 2.75 bits per heavy atom. The lowest BCUT2D eigenvalue weighted by molar-refractivity contribution is -0.138. The van der Waals surface area contributed by atoms with Crippen molar-refractivity contribution in [2.45, 2.75) is 70.0 Å². The molecular formula is C18H29NO5. The van der Waals surface area contributed by atoms with E-state index in [1.807, 2.05) is 0 Å². The van der Waals surface area contributed by atoms with Gasteiger partial charge < -0.3 is 15.3 Å². The molecule has 4 N–H and O–H groups in total. The van der Waals surface area contributed by atoms with E-state index in [-0.39, 0.29) is 31.2 Å². The third-order valence-corrected chi connectivity index (χ3v) is 6.05. The number of hydroxylamine groups is 1. The largest absolute Gasteiger partial charge is 0.481 e. The van der Waals surface area contributed by atoms with Crippen LogP contribution in [-0.4, -0.2) is 40.1 Å². The molecular weight excluding hydrogens is 310 g/mol. The highest BCUT2D eigenvalue weighted by atomic mass is 16.6. The first-order valence-corrected chi connectivity index (χ1v) is 9.24. The number of rotatable bonds is 9. The fraction of sp³-hybridized carbons (Fsp3) is 0.833. The molecule has 3 aliphatic carbocycles. The van der Waals surface area contributed by atoms with Gasteiger partial charge >= 0.3 is 5.97 Å². The average molecular weight is 339 g/mol. The second-order valence-electron chi connectivity index (χ2n) is 7.53. The summed E-state index contributed by atoms with van der Waals surface area (Å²) in [6.07, 6.45) is 7.36. The third-order valence-electron chi connectivity index (χ3n) is 6.05. The van der Waals surface area contributed by atoms with Gasteiger partial charge in [-0.3, -0.25) is 15.1 Å². The highest BCUT2D eigenvalue weighted by Crippen LogP contribution is 2.51. The van der Waals surface area contributed by atoms with E-state index in [0.717, 1.165) is 37.8 Å². The van der Waals surface area contributed by atoms with Crippen LogP contribution in [0.5, 0.6) is 0 Å². The molecule has 0 radical (unpaired) electrons. The second kappa shape index (κ2) is 7.85. The monoisotopic (exact) mass is 339 g/mol. The zero-order chi connectivity index (χ0) is 17.1. The van der Waals surface area contributed by atoms with Crippen LogP contribution in [0, 0.1) is 17.8 Å².